The first-order chi connectivity index (χ1) is 14.8. The Labute approximate surface area is 176 Å². The largest absolute Gasteiger partial charge is 0.480 e. The topological polar surface area (TPSA) is 105 Å². The fraction of sp³-hybridized carbons (Fsp3) is 0.318. The molecule has 4 rings (SSSR count). The second-order valence-corrected chi connectivity index (χ2v) is 7.58. The number of fused-ring (bicyclic) bond motifs is 3. The van der Waals surface area contributed by atoms with E-state index in [9.17, 15) is 23.2 Å². The Balaban J connectivity index is 1.32. The van der Waals surface area contributed by atoms with Crippen LogP contribution in [0.4, 0.5) is 13.6 Å². The summed E-state index contributed by atoms with van der Waals surface area (Å²) in [5, 5.41) is 12.8. The van der Waals surface area contributed by atoms with E-state index in [1.54, 1.807) is 0 Å². The number of carboxylic acid groups (broad SMARTS) is 1. The highest BCUT2D eigenvalue weighted by atomic mass is 19.3. The zero-order chi connectivity index (χ0) is 22.2. The molecule has 0 unspecified atom stereocenters. The molecule has 162 valence electrons. The molecule has 1 saturated carbocycles. The van der Waals surface area contributed by atoms with E-state index in [2.05, 4.69) is 5.32 Å². The number of halogens is 2. The molecule has 2 aromatic rings. The van der Waals surface area contributed by atoms with Gasteiger partial charge >= 0.3 is 12.1 Å². The number of aliphatic carboxylic acids is 1. The van der Waals surface area contributed by atoms with Crippen molar-refractivity contribution in [2.24, 2.45) is 11.8 Å². The van der Waals surface area contributed by atoms with Crippen molar-refractivity contribution in [3.05, 3.63) is 59.7 Å². The molecule has 0 saturated heterocycles. The molecule has 0 aromatic heterocycles. The molecule has 9 heteroatoms. The monoisotopic (exact) mass is 430 g/mol. The molecule has 2 aliphatic carbocycles. The normalized spacial score (nSPS) is 20.3. The standard InChI is InChI=1S/C22H20F2N2O5/c23-22(24)17(19(22)20(29)25-10-18(27)28)9-26-21(30)31-11-16-14-7-3-1-5-12(14)13-6-2-4-8-15(13)16/h1-8,16-17,19H,9-11H2,(H,25,29)(H,26,30)(H,27,28)/t17-,19-/m0/s1. The fourth-order valence-corrected chi connectivity index (χ4v) is 4.12. The maximum atomic E-state index is 13.8. The number of benzene rings is 2. The molecule has 2 aliphatic rings. The number of carboxylic acids is 1. The highest BCUT2D eigenvalue weighted by molar-refractivity contribution is 5.86. The zero-order valence-electron chi connectivity index (χ0n) is 16.3. The molecule has 0 radical (unpaired) electrons. The van der Waals surface area contributed by atoms with Gasteiger partial charge in [0.15, 0.2) is 0 Å². The number of alkyl carbamates (subject to hydrolysis) is 1. The number of alkyl halides is 2. The van der Waals surface area contributed by atoms with E-state index in [4.69, 9.17) is 9.84 Å². The maximum absolute atomic E-state index is 13.8. The number of nitrogens with one attached hydrogen (secondary N) is 2. The van der Waals surface area contributed by atoms with Gasteiger partial charge in [-0.3, -0.25) is 9.59 Å². The van der Waals surface area contributed by atoms with Gasteiger partial charge in [0.25, 0.3) is 5.92 Å². The van der Waals surface area contributed by atoms with Gasteiger partial charge in [-0.25, -0.2) is 13.6 Å². The lowest BCUT2D eigenvalue weighted by molar-refractivity contribution is -0.138. The minimum Gasteiger partial charge on any atom is -0.480 e. The SMILES string of the molecule is O=C(O)CNC(=O)[C@@H]1[C@H](CNC(=O)OCC2c3ccccc3-c3ccccc32)C1(F)F. The third-order valence-electron chi connectivity index (χ3n) is 5.71. The summed E-state index contributed by atoms with van der Waals surface area (Å²) < 4.78 is 33.0. The van der Waals surface area contributed by atoms with Crippen LogP contribution in [0.15, 0.2) is 48.5 Å². The van der Waals surface area contributed by atoms with Crippen molar-refractivity contribution in [3.8, 4) is 11.1 Å². The lowest BCUT2D eigenvalue weighted by Gasteiger charge is -2.14. The average Bonchev–Trinajstić information content (AvgIpc) is 3.15. The number of amides is 2. The summed E-state index contributed by atoms with van der Waals surface area (Å²) in [7, 11) is 0. The molecule has 1 fully saturated rings. The molecule has 0 spiro atoms. The van der Waals surface area contributed by atoms with Crippen LogP contribution in [0.1, 0.15) is 17.0 Å². The number of rotatable bonds is 7. The van der Waals surface area contributed by atoms with Gasteiger partial charge in [-0.05, 0) is 22.3 Å². The van der Waals surface area contributed by atoms with Crippen molar-refractivity contribution in [2.75, 3.05) is 19.7 Å². The first-order valence-corrected chi connectivity index (χ1v) is 9.77. The molecule has 2 amide bonds. The summed E-state index contributed by atoms with van der Waals surface area (Å²) in [6.45, 7) is -1.14. The smallest absolute Gasteiger partial charge is 0.407 e. The van der Waals surface area contributed by atoms with E-state index in [0.29, 0.717) is 0 Å². The van der Waals surface area contributed by atoms with Gasteiger partial charge in [-0.1, -0.05) is 48.5 Å². The number of carbonyl (C=O) groups is 3. The number of hydrogen-bond donors (Lipinski definition) is 3. The summed E-state index contributed by atoms with van der Waals surface area (Å²) in [6, 6.07) is 15.6. The van der Waals surface area contributed by atoms with Crippen molar-refractivity contribution < 1.29 is 33.0 Å². The van der Waals surface area contributed by atoms with Crippen LogP contribution in [-0.4, -0.2) is 48.7 Å². The van der Waals surface area contributed by atoms with Crippen molar-refractivity contribution in [3.63, 3.8) is 0 Å². The molecule has 0 heterocycles. The minimum atomic E-state index is -3.31. The molecule has 2 aromatic carbocycles. The zero-order valence-corrected chi connectivity index (χ0v) is 16.3. The molecule has 2 atom stereocenters. The van der Waals surface area contributed by atoms with Gasteiger partial charge in [0.2, 0.25) is 5.91 Å². The van der Waals surface area contributed by atoms with Crippen LogP contribution < -0.4 is 10.6 Å². The Bertz CT molecular complexity index is 997. The molecule has 31 heavy (non-hydrogen) atoms. The first-order valence-electron chi connectivity index (χ1n) is 9.77. The van der Waals surface area contributed by atoms with E-state index < -0.39 is 48.8 Å². The van der Waals surface area contributed by atoms with Gasteiger partial charge in [-0.2, -0.15) is 0 Å². The van der Waals surface area contributed by atoms with E-state index in [0.717, 1.165) is 22.3 Å². The van der Waals surface area contributed by atoms with Gasteiger partial charge in [0.05, 0.1) is 5.92 Å². The van der Waals surface area contributed by atoms with Crippen LogP contribution in [0.3, 0.4) is 0 Å². The van der Waals surface area contributed by atoms with E-state index >= 15 is 0 Å². The predicted molar refractivity (Wildman–Crippen MR) is 106 cm³/mol. The number of ether oxygens (including phenoxy) is 1. The summed E-state index contributed by atoms with van der Waals surface area (Å²) in [6.07, 6.45) is -0.853. The molecule has 7 nitrogen and oxygen atoms in total. The van der Waals surface area contributed by atoms with E-state index in [-0.39, 0.29) is 12.5 Å². The summed E-state index contributed by atoms with van der Waals surface area (Å²) >= 11 is 0. The Kier molecular flexibility index (Phi) is 5.34. The third-order valence-corrected chi connectivity index (χ3v) is 5.71. The van der Waals surface area contributed by atoms with Crippen LogP contribution in [-0.2, 0) is 14.3 Å². The Morgan fingerprint density at radius 2 is 1.55 bits per heavy atom. The van der Waals surface area contributed by atoms with Crippen molar-refractivity contribution in [1.82, 2.24) is 10.6 Å². The Morgan fingerprint density at radius 1 is 0.968 bits per heavy atom. The highest BCUT2D eigenvalue weighted by Crippen LogP contribution is 2.55. The van der Waals surface area contributed by atoms with Crippen LogP contribution in [0, 0.1) is 11.8 Å². The highest BCUT2D eigenvalue weighted by Gasteiger charge is 2.71. The van der Waals surface area contributed by atoms with Crippen molar-refractivity contribution >= 4 is 18.0 Å². The lowest BCUT2D eigenvalue weighted by atomic mass is 9.98. The fourth-order valence-electron chi connectivity index (χ4n) is 4.12. The van der Waals surface area contributed by atoms with Gasteiger partial charge in [0, 0.05) is 12.5 Å². The Hall–Kier alpha value is -3.49. The van der Waals surface area contributed by atoms with Crippen molar-refractivity contribution in [2.45, 2.75) is 11.8 Å². The number of hydrogen-bond acceptors (Lipinski definition) is 4. The van der Waals surface area contributed by atoms with Gasteiger partial charge in [-0.15, -0.1) is 0 Å². The molecule has 0 bridgehead atoms. The molecule has 0 aliphatic heterocycles. The maximum Gasteiger partial charge on any atom is 0.407 e. The Morgan fingerprint density at radius 3 is 2.13 bits per heavy atom. The predicted octanol–water partition coefficient (Wildman–Crippen LogP) is 2.61. The molecular weight excluding hydrogens is 410 g/mol. The quantitative estimate of drug-likeness (QED) is 0.626. The molecular formula is C22H20F2N2O5. The lowest BCUT2D eigenvalue weighted by Crippen LogP contribution is -2.33. The van der Waals surface area contributed by atoms with Crippen LogP contribution in [0.25, 0.3) is 11.1 Å². The second-order valence-electron chi connectivity index (χ2n) is 7.58. The third kappa shape index (κ3) is 3.95. The summed E-state index contributed by atoms with van der Waals surface area (Å²) in [4.78, 5) is 34.3. The van der Waals surface area contributed by atoms with E-state index in [1.165, 1.54) is 0 Å². The van der Waals surface area contributed by atoms with Gasteiger partial charge < -0.3 is 20.5 Å². The van der Waals surface area contributed by atoms with Crippen molar-refractivity contribution in [1.29, 1.82) is 0 Å². The summed E-state index contributed by atoms with van der Waals surface area (Å²) in [5.74, 6) is -8.91. The van der Waals surface area contributed by atoms with Crippen LogP contribution >= 0.6 is 0 Å². The van der Waals surface area contributed by atoms with E-state index in [1.807, 2.05) is 53.8 Å². The number of carbonyl (C=O) groups excluding carboxylic acids is 2. The second kappa shape index (κ2) is 7.98. The van der Waals surface area contributed by atoms with Gasteiger partial charge in [0.1, 0.15) is 19.1 Å². The van der Waals surface area contributed by atoms with Crippen LogP contribution in [0.5, 0.6) is 0 Å². The first kappa shape index (κ1) is 20.8. The summed E-state index contributed by atoms with van der Waals surface area (Å²) in [5.41, 5.74) is 4.20. The average molecular weight is 430 g/mol. The van der Waals surface area contributed by atoms with Crippen LogP contribution in [0.2, 0.25) is 0 Å². The molecule has 3 N–H and O–H groups in total. The minimum absolute atomic E-state index is 0.0451.